The number of amides is 1. The van der Waals surface area contributed by atoms with Crippen LogP contribution >= 0.6 is 0 Å². The fraction of sp³-hybridized carbons (Fsp3) is 0.286. The summed E-state index contributed by atoms with van der Waals surface area (Å²) in [5.41, 5.74) is 2.08. The second-order valence-corrected chi connectivity index (χ2v) is 6.05. The van der Waals surface area contributed by atoms with Gasteiger partial charge in [-0.1, -0.05) is 35.0 Å². The molecule has 1 atom stereocenters. The van der Waals surface area contributed by atoms with Crippen molar-refractivity contribution in [3.8, 4) is 0 Å². The SMILES string of the molecule is Cc1cccc(CS(=O)CC(=O)Nc2cc(C)on2)c1. The lowest BCUT2D eigenvalue weighted by atomic mass is 10.2. The van der Waals surface area contributed by atoms with Crippen LogP contribution in [0.3, 0.4) is 0 Å². The zero-order valence-electron chi connectivity index (χ0n) is 11.4. The van der Waals surface area contributed by atoms with Crippen LogP contribution in [-0.4, -0.2) is 21.0 Å². The minimum Gasteiger partial charge on any atom is -0.360 e. The molecule has 2 aromatic rings. The van der Waals surface area contributed by atoms with E-state index in [1.165, 1.54) is 0 Å². The van der Waals surface area contributed by atoms with Gasteiger partial charge in [0.15, 0.2) is 5.82 Å². The summed E-state index contributed by atoms with van der Waals surface area (Å²) in [5.74, 6) is 0.942. The van der Waals surface area contributed by atoms with Crippen LogP contribution in [0.15, 0.2) is 34.9 Å². The number of benzene rings is 1. The van der Waals surface area contributed by atoms with Crippen molar-refractivity contribution in [2.75, 3.05) is 11.1 Å². The Hall–Kier alpha value is -1.95. The number of carbonyl (C=O) groups is 1. The number of anilines is 1. The molecular formula is C14H16N2O3S. The molecule has 5 nitrogen and oxygen atoms in total. The summed E-state index contributed by atoms with van der Waals surface area (Å²) in [4.78, 5) is 11.7. The number of nitrogens with zero attached hydrogens (tertiary/aromatic N) is 1. The van der Waals surface area contributed by atoms with Crippen molar-refractivity contribution in [2.24, 2.45) is 0 Å². The van der Waals surface area contributed by atoms with Crippen molar-refractivity contribution >= 4 is 22.5 Å². The third-order valence-corrected chi connectivity index (χ3v) is 3.84. The third-order valence-electron chi connectivity index (χ3n) is 2.60. The first-order chi connectivity index (χ1) is 9.52. The highest BCUT2D eigenvalue weighted by atomic mass is 32.2. The maximum atomic E-state index is 11.9. The van der Waals surface area contributed by atoms with Crippen LogP contribution in [-0.2, 0) is 21.3 Å². The van der Waals surface area contributed by atoms with Gasteiger partial charge in [0.1, 0.15) is 11.5 Å². The molecule has 0 saturated carbocycles. The fourth-order valence-corrected chi connectivity index (χ4v) is 2.81. The first-order valence-electron chi connectivity index (χ1n) is 6.16. The molecule has 0 radical (unpaired) electrons. The van der Waals surface area contributed by atoms with Gasteiger partial charge in [0, 0.05) is 22.6 Å². The average Bonchev–Trinajstić information content (AvgIpc) is 2.74. The highest BCUT2D eigenvalue weighted by molar-refractivity contribution is 7.84. The Kier molecular flexibility index (Phi) is 4.68. The molecule has 20 heavy (non-hydrogen) atoms. The van der Waals surface area contributed by atoms with Gasteiger partial charge in [-0.3, -0.25) is 9.00 Å². The molecule has 106 valence electrons. The Morgan fingerprint density at radius 3 is 2.80 bits per heavy atom. The largest absolute Gasteiger partial charge is 0.360 e. The number of aromatic nitrogens is 1. The molecule has 0 aliphatic heterocycles. The normalized spacial score (nSPS) is 12.1. The van der Waals surface area contributed by atoms with E-state index >= 15 is 0 Å². The number of nitrogens with one attached hydrogen (secondary N) is 1. The van der Waals surface area contributed by atoms with E-state index in [4.69, 9.17) is 4.52 Å². The molecule has 1 aromatic heterocycles. The Bertz CT molecular complexity index is 637. The molecule has 0 saturated heterocycles. The van der Waals surface area contributed by atoms with Crippen LogP contribution in [0.25, 0.3) is 0 Å². The lowest BCUT2D eigenvalue weighted by molar-refractivity contribution is -0.113. The summed E-state index contributed by atoms with van der Waals surface area (Å²) in [6, 6.07) is 9.38. The number of carbonyl (C=O) groups excluding carboxylic acids is 1. The zero-order valence-corrected chi connectivity index (χ0v) is 12.2. The quantitative estimate of drug-likeness (QED) is 0.916. The Morgan fingerprint density at radius 1 is 1.35 bits per heavy atom. The van der Waals surface area contributed by atoms with Gasteiger partial charge in [0.25, 0.3) is 0 Å². The molecular weight excluding hydrogens is 276 g/mol. The molecule has 1 amide bonds. The number of hydrogen-bond acceptors (Lipinski definition) is 4. The smallest absolute Gasteiger partial charge is 0.238 e. The van der Waals surface area contributed by atoms with E-state index in [0.29, 0.717) is 17.3 Å². The van der Waals surface area contributed by atoms with Gasteiger partial charge in [-0.15, -0.1) is 0 Å². The van der Waals surface area contributed by atoms with E-state index in [0.717, 1.165) is 11.1 Å². The molecule has 2 rings (SSSR count). The van der Waals surface area contributed by atoms with Crippen LogP contribution in [0.2, 0.25) is 0 Å². The van der Waals surface area contributed by atoms with Gasteiger partial charge in [0.2, 0.25) is 5.91 Å². The van der Waals surface area contributed by atoms with E-state index in [2.05, 4.69) is 10.5 Å². The van der Waals surface area contributed by atoms with Crippen molar-refractivity contribution in [1.29, 1.82) is 0 Å². The Morgan fingerprint density at radius 2 is 2.15 bits per heavy atom. The van der Waals surface area contributed by atoms with Crippen molar-refractivity contribution in [3.63, 3.8) is 0 Å². The lowest BCUT2D eigenvalue weighted by Gasteiger charge is -2.03. The van der Waals surface area contributed by atoms with E-state index in [-0.39, 0.29) is 11.7 Å². The highest BCUT2D eigenvalue weighted by Gasteiger charge is 2.11. The van der Waals surface area contributed by atoms with Crippen molar-refractivity contribution < 1.29 is 13.5 Å². The number of aryl methyl sites for hydroxylation is 2. The van der Waals surface area contributed by atoms with Crippen LogP contribution < -0.4 is 5.32 Å². The van der Waals surface area contributed by atoms with E-state index in [1.807, 2.05) is 31.2 Å². The molecule has 0 aliphatic carbocycles. The molecule has 0 spiro atoms. The molecule has 6 heteroatoms. The lowest BCUT2D eigenvalue weighted by Crippen LogP contribution is -2.20. The fourth-order valence-electron chi connectivity index (χ4n) is 1.79. The monoisotopic (exact) mass is 292 g/mol. The highest BCUT2D eigenvalue weighted by Crippen LogP contribution is 2.09. The predicted octanol–water partition coefficient (Wildman–Crippen LogP) is 2.18. The molecule has 1 aromatic carbocycles. The van der Waals surface area contributed by atoms with Gasteiger partial charge in [-0.25, -0.2) is 0 Å². The summed E-state index contributed by atoms with van der Waals surface area (Å²) in [7, 11) is -1.25. The zero-order chi connectivity index (χ0) is 14.5. The summed E-state index contributed by atoms with van der Waals surface area (Å²) < 4.78 is 16.8. The van der Waals surface area contributed by atoms with E-state index in [1.54, 1.807) is 13.0 Å². The number of rotatable bonds is 5. The maximum Gasteiger partial charge on any atom is 0.238 e. The van der Waals surface area contributed by atoms with Crippen molar-refractivity contribution in [1.82, 2.24) is 5.16 Å². The molecule has 0 fully saturated rings. The Balaban J connectivity index is 1.86. The van der Waals surface area contributed by atoms with Gasteiger partial charge in [-0.2, -0.15) is 0 Å². The average molecular weight is 292 g/mol. The standard InChI is InChI=1S/C14H16N2O3S/c1-10-4-3-5-12(6-10)8-20(18)9-14(17)15-13-7-11(2)19-16-13/h3-7H,8-9H2,1-2H3,(H,15,16,17). The first kappa shape index (κ1) is 14.5. The van der Waals surface area contributed by atoms with Crippen LogP contribution in [0.1, 0.15) is 16.9 Å². The Labute approximate surface area is 119 Å². The summed E-state index contributed by atoms with van der Waals surface area (Å²) in [5, 5.41) is 6.21. The molecule has 1 unspecified atom stereocenters. The van der Waals surface area contributed by atoms with Crippen LogP contribution in [0.5, 0.6) is 0 Å². The summed E-state index contributed by atoms with van der Waals surface area (Å²) >= 11 is 0. The van der Waals surface area contributed by atoms with Gasteiger partial charge in [0.05, 0.1) is 0 Å². The molecule has 0 bridgehead atoms. The molecule has 1 heterocycles. The molecule has 1 N–H and O–H groups in total. The second kappa shape index (κ2) is 6.47. The van der Waals surface area contributed by atoms with Gasteiger partial charge < -0.3 is 9.84 Å². The minimum atomic E-state index is -1.25. The van der Waals surface area contributed by atoms with Crippen LogP contribution in [0.4, 0.5) is 5.82 Å². The van der Waals surface area contributed by atoms with Crippen molar-refractivity contribution in [2.45, 2.75) is 19.6 Å². The topological polar surface area (TPSA) is 72.2 Å². The van der Waals surface area contributed by atoms with E-state index in [9.17, 15) is 9.00 Å². The van der Waals surface area contributed by atoms with Crippen molar-refractivity contribution in [3.05, 3.63) is 47.2 Å². The maximum absolute atomic E-state index is 11.9. The number of hydrogen-bond donors (Lipinski definition) is 1. The predicted molar refractivity (Wildman–Crippen MR) is 77.8 cm³/mol. The summed E-state index contributed by atoms with van der Waals surface area (Å²) in [6.07, 6.45) is 0. The van der Waals surface area contributed by atoms with E-state index < -0.39 is 10.8 Å². The first-order valence-corrected chi connectivity index (χ1v) is 7.65. The minimum absolute atomic E-state index is 0.0557. The second-order valence-electron chi connectivity index (χ2n) is 4.59. The third kappa shape index (κ3) is 4.31. The van der Waals surface area contributed by atoms with Gasteiger partial charge >= 0.3 is 0 Å². The van der Waals surface area contributed by atoms with Gasteiger partial charge in [-0.05, 0) is 19.4 Å². The van der Waals surface area contributed by atoms with Crippen LogP contribution in [0, 0.1) is 13.8 Å². The summed E-state index contributed by atoms with van der Waals surface area (Å²) in [6.45, 7) is 3.71. The molecule has 0 aliphatic rings.